The molecule has 0 bridgehead atoms. The second-order valence-corrected chi connectivity index (χ2v) is 4.74. The van der Waals surface area contributed by atoms with Crippen LogP contribution in [0.25, 0.3) is 0 Å². The molecule has 1 aromatic rings. The van der Waals surface area contributed by atoms with Gasteiger partial charge in [-0.15, -0.1) is 0 Å². The van der Waals surface area contributed by atoms with Crippen molar-refractivity contribution >= 4 is 15.5 Å². The number of nitrogens with two attached hydrogens (primary N) is 1. The molecule has 1 heterocycles. The highest BCUT2D eigenvalue weighted by Gasteiger charge is 2.16. The van der Waals surface area contributed by atoms with E-state index in [1.807, 2.05) is 0 Å². The molecular formula is C7H10N2O3S. The smallest absolute Gasteiger partial charge is 0.271 e. The van der Waals surface area contributed by atoms with Gasteiger partial charge < -0.3 is 10.3 Å². The molecule has 0 radical (unpaired) electrons. The maximum absolute atomic E-state index is 11.3. The van der Waals surface area contributed by atoms with E-state index in [0.29, 0.717) is 0 Å². The van der Waals surface area contributed by atoms with E-state index < -0.39 is 15.4 Å². The van der Waals surface area contributed by atoms with Gasteiger partial charge in [0, 0.05) is 19.5 Å². The second-order valence-electron chi connectivity index (χ2n) is 2.79. The Balaban J connectivity index is 3.73. The van der Waals surface area contributed by atoms with Crippen molar-refractivity contribution in [2.45, 2.75) is 4.90 Å². The van der Waals surface area contributed by atoms with Crippen LogP contribution >= 0.6 is 0 Å². The molecule has 0 saturated carbocycles. The van der Waals surface area contributed by atoms with Crippen LogP contribution in [0.4, 0.5) is 5.69 Å². The zero-order valence-corrected chi connectivity index (χ0v) is 8.13. The third kappa shape index (κ3) is 1.72. The molecule has 6 heteroatoms. The van der Waals surface area contributed by atoms with E-state index in [9.17, 15) is 13.2 Å². The summed E-state index contributed by atoms with van der Waals surface area (Å²) in [6.45, 7) is 0. The maximum Gasteiger partial charge on any atom is 0.271 e. The normalized spacial score (nSPS) is 11.5. The summed E-state index contributed by atoms with van der Waals surface area (Å²) in [7, 11) is -2.08. The van der Waals surface area contributed by atoms with Crippen LogP contribution in [0.2, 0.25) is 0 Å². The van der Waals surface area contributed by atoms with E-state index in [1.54, 1.807) is 0 Å². The summed E-state index contributed by atoms with van der Waals surface area (Å²) >= 11 is 0. The van der Waals surface area contributed by atoms with Gasteiger partial charge in [0.25, 0.3) is 5.56 Å². The van der Waals surface area contributed by atoms with Crippen LogP contribution in [-0.2, 0) is 16.9 Å². The Morgan fingerprint density at radius 1 is 1.46 bits per heavy atom. The Bertz CT molecular complexity index is 487. The molecule has 1 aromatic heterocycles. The Morgan fingerprint density at radius 2 is 2.00 bits per heavy atom. The summed E-state index contributed by atoms with van der Waals surface area (Å²) in [5.41, 5.74) is 4.78. The molecule has 2 N–H and O–H groups in total. The molecule has 0 aliphatic heterocycles. The number of aryl methyl sites for hydroxylation is 1. The SMILES string of the molecule is Cn1ccc(N)c(S(C)(=O)=O)c1=O. The van der Waals surface area contributed by atoms with Crippen molar-refractivity contribution < 1.29 is 8.42 Å². The highest BCUT2D eigenvalue weighted by molar-refractivity contribution is 7.90. The van der Waals surface area contributed by atoms with Gasteiger partial charge in [-0.3, -0.25) is 4.79 Å². The molecule has 72 valence electrons. The molecule has 0 spiro atoms. The fraction of sp³-hybridized carbons (Fsp3) is 0.286. The quantitative estimate of drug-likeness (QED) is 0.657. The zero-order valence-electron chi connectivity index (χ0n) is 7.31. The molecule has 0 aliphatic rings. The van der Waals surface area contributed by atoms with Crippen LogP contribution < -0.4 is 11.3 Å². The number of anilines is 1. The van der Waals surface area contributed by atoms with Crippen molar-refractivity contribution in [2.24, 2.45) is 7.05 Å². The fourth-order valence-electron chi connectivity index (χ4n) is 0.992. The lowest BCUT2D eigenvalue weighted by atomic mass is 10.4. The van der Waals surface area contributed by atoms with Crippen molar-refractivity contribution in [1.29, 1.82) is 0 Å². The highest BCUT2D eigenvalue weighted by atomic mass is 32.2. The van der Waals surface area contributed by atoms with E-state index in [2.05, 4.69) is 0 Å². The molecule has 0 aliphatic carbocycles. The molecule has 0 amide bonds. The number of hydrogen-bond acceptors (Lipinski definition) is 4. The van der Waals surface area contributed by atoms with Gasteiger partial charge in [0.05, 0.1) is 5.69 Å². The molecule has 0 aromatic carbocycles. The van der Waals surface area contributed by atoms with Crippen molar-refractivity contribution in [3.05, 3.63) is 22.6 Å². The van der Waals surface area contributed by atoms with Crippen molar-refractivity contribution in [2.75, 3.05) is 12.0 Å². The number of hydrogen-bond donors (Lipinski definition) is 1. The number of pyridine rings is 1. The molecular weight excluding hydrogens is 192 g/mol. The van der Waals surface area contributed by atoms with Gasteiger partial charge in [-0.05, 0) is 6.07 Å². The first-order chi connectivity index (χ1) is 5.84. The standard InChI is InChI=1S/C7H10N2O3S/c1-9-4-3-5(8)6(7(9)10)13(2,11)12/h3-4H,8H2,1-2H3. The van der Waals surface area contributed by atoms with Crippen molar-refractivity contribution in [1.82, 2.24) is 4.57 Å². The Morgan fingerprint density at radius 3 is 2.38 bits per heavy atom. The average Bonchev–Trinajstić information content (AvgIpc) is 1.95. The van der Waals surface area contributed by atoms with Gasteiger partial charge >= 0.3 is 0 Å². The van der Waals surface area contributed by atoms with Gasteiger partial charge in [0.2, 0.25) is 0 Å². The third-order valence-corrected chi connectivity index (χ3v) is 2.78. The van der Waals surface area contributed by atoms with Gasteiger partial charge in [-0.25, -0.2) is 8.42 Å². The lowest BCUT2D eigenvalue weighted by Crippen LogP contribution is -2.24. The summed E-state index contributed by atoms with van der Waals surface area (Å²) in [5, 5.41) is 0. The van der Waals surface area contributed by atoms with Crippen LogP contribution in [0, 0.1) is 0 Å². The maximum atomic E-state index is 11.3. The topological polar surface area (TPSA) is 82.2 Å². The van der Waals surface area contributed by atoms with E-state index in [1.165, 1.54) is 23.9 Å². The van der Waals surface area contributed by atoms with Crippen LogP contribution in [0.3, 0.4) is 0 Å². The monoisotopic (exact) mass is 202 g/mol. The van der Waals surface area contributed by atoms with Gasteiger partial charge in [-0.1, -0.05) is 0 Å². The summed E-state index contributed by atoms with van der Waals surface area (Å²) in [6.07, 6.45) is 2.38. The number of sulfone groups is 1. The molecule has 0 fully saturated rings. The molecule has 0 unspecified atom stereocenters. The van der Waals surface area contributed by atoms with Crippen LogP contribution in [0.15, 0.2) is 22.0 Å². The fourth-order valence-corrected chi connectivity index (χ4v) is 1.95. The summed E-state index contributed by atoms with van der Waals surface area (Å²) in [4.78, 5) is 11.0. The zero-order chi connectivity index (χ0) is 10.2. The number of aromatic nitrogens is 1. The van der Waals surface area contributed by atoms with Crippen molar-refractivity contribution in [3.63, 3.8) is 0 Å². The van der Waals surface area contributed by atoms with Gasteiger partial charge in [-0.2, -0.15) is 0 Å². The summed E-state index contributed by atoms with van der Waals surface area (Å²) in [6, 6.07) is 1.39. The Hall–Kier alpha value is -1.30. The van der Waals surface area contributed by atoms with Crippen LogP contribution in [-0.4, -0.2) is 19.2 Å². The second kappa shape index (κ2) is 2.88. The molecule has 13 heavy (non-hydrogen) atoms. The first kappa shape index (κ1) is 9.79. The summed E-state index contributed by atoms with van der Waals surface area (Å²) in [5.74, 6) is 0. The lowest BCUT2D eigenvalue weighted by Gasteiger charge is -2.04. The van der Waals surface area contributed by atoms with E-state index in [4.69, 9.17) is 5.73 Å². The number of rotatable bonds is 1. The van der Waals surface area contributed by atoms with Gasteiger partial charge in [0.1, 0.15) is 0 Å². The molecule has 1 rings (SSSR count). The minimum Gasteiger partial charge on any atom is -0.397 e. The number of nitrogens with zero attached hydrogens (tertiary/aromatic N) is 1. The summed E-state index contributed by atoms with van der Waals surface area (Å²) < 4.78 is 23.4. The lowest BCUT2D eigenvalue weighted by molar-refractivity contribution is 0.599. The minimum atomic E-state index is -3.54. The average molecular weight is 202 g/mol. The molecule has 0 atom stereocenters. The molecule has 5 nitrogen and oxygen atoms in total. The van der Waals surface area contributed by atoms with E-state index in [-0.39, 0.29) is 10.6 Å². The van der Waals surface area contributed by atoms with Crippen molar-refractivity contribution in [3.8, 4) is 0 Å². The molecule has 0 saturated heterocycles. The Kier molecular flexibility index (Phi) is 2.17. The highest BCUT2D eigenvalue weighted by Crippen LogP contribution is 2.11. The first-order valence-electron chi connectivity index (χ1n) is 3.49. The van der Waals surface area contributed by atoms with E-state index >= 15 is 0 Å². The van der Waals surface area contributed by atoms with Crippen LogP contribution in [0.1, 0.15) is 0 Å². The minimum absolute atomic E-state index is 0.00870. The van der Waals surface area contributed by atoms with Crippen LogP contribution in [0.5, 0.6) is 0 Å². The Labute approximate surface area is 75.7 Å². The van der Waals surface area contributed by atoms with E-state index in [0.717, 1.165) is 6.26 Å². The van der Waals surface area contributed by atoms with Gasteiger partial charge in [0.15, 0.2) is 14.7 Å². The largest absolute Gasteiger partial charge is 0.397 e. The third-order valence-electron chi connectivity index (χ3n) is 1.63. The number of nitrogen functional groups attached to an aromatic ring is 1. The predicted octanol–water partition coefficient (Wildman–Crippen LogP) is -0.629. The predicted molar refractivity (Wildman–Crippen MR) is 49.2 cm³/mol. The first-order valence-corrected chi connectivity index (χ1v) is 5.38.